The van der Waals surface area contributed by atoms with Gasteiger partial charge in [-0.15, -0.1) is 0 Å². The molecule has 0 unspecified atom stereocenters. The summed E-state index contributed by atoms with van der Waals surface area (Å²) in [5.41, 5.74) is 0.926. The molecule has 1 fully saturated rings. The Morgan fingerprint density at radius 3 is 2.30 bits per heavy atom. The number of hydrogen-bond acceptors (Lipinski definition) is 4. The average molecular weight is 323 g/mol. The molecule has 1 aliphatic rings. The van der Waals surface area contributed by atoms with Crippen molar-refractivity contribution in [2.45, 2.75) is 46.8 Å². The normalized spacial score (nSPS) is 20.6. The number of nitrogens with one attached hydrogen (secondary N) is 1. The fourth-order valence-corrected chi connectivity index (χ4v) is 2.54. The highest BCUT2D eigenvalue weighted by atomic mass is 16.5. The van der Waals surface area contributed by atoms with E-state index in [1.165, 1.54) is 0 Å². The summed E-state index contributed by atoms with van der Waals surface area (Å²) >= 11 is 0. The molecule has 2 rings (SSSR count). The van der Waals surface area contributed by atoms with Crippen LogP contribution in [0.1, 0.15) is 39.7 Å². The van der Waals surface area contributed by atoms with Crippen LogP contribution in [0.3, 0.4) is 0 Å². The van der Waals surface area contributed by atoms with E-state index in [9.17, 15) is 9.59 Å². The van der Waals surface area contributed by atoms with Gasteiger partial charge >= 0.3 is 5.97 Å². The Labute approximate surface area is 139 Å². The van der Waals surface area contributed by atoms with Crippen LogP contribution in [-0.2, 0) is 20.9 Å². The second kappa shape index (κ2) is 10.8. The van der Waals surface area contributed by atoms with Gasteiger partial charge in [0.2, 0.25) is 0 Å². The summed E-state index contributed by atoms with van der Waals surface area (Å²) in [5.74, 6) is -0.832. The summed E-state index contributed by atoms with van der Waals surface area (Å²) in [7, 11) is 1.88. The molecule has 0 amide bonds. The predicted octanol–water partition coefficient (Wildman–Crippen LogP) is 3.09. The third-order valence-corrected chi connectivity index (χ3v) is 4.08. The van der Waals surface area contributed by atoms with Crippen molar-refractivity contribution in [2.24, 2.45) is 11.3 Å². The lowest BCUT2D eigenvalue weighted by Gasteiger charge is -2.49. The molecule has 0 aromatic heterocycles. The number of aliphatic carboxylic acids is 1. The van der Waals surface area contributed by atoms with Crippen molar-refractivity contribution in [1.29, 1.82) is 0 Å². The molecule has 0 heterocycles. The number of carboxylic acid groups (broad SMARTS) is 1. The minimum atomic E-state index is -0.665. The maximum Gasteiger partial charge on any atom is 0.307 e. The number of ether oxygens (including phenoxy) is 1. The van der Waals surface area contributed by atoms with E-state index >= 15 is 0 Å². The van der Waals surface area contributed by atoms with E-state index in [0.717, 1.165) is 12.0 Å². The van der Waals surface area contributed by atoms with Crippen LogP contribution in [0.25, 0.3) is 0 Å². The molecule has 2 atom stereocenters. The maximum absolute atomic E-state index is 10.6. The molecule has 2 N–H and O–H groups in total. The van der Waals surface area contributed by atoms with Crippen molar-refractivity contribution >= 4 is 12.4 Å². The number of benzene rings is 1. The average Bonchev–Trinajstić information content (AvgIpc) is 2.55. The topological polar surface area (TPSA) is 75.6 Å². The first-order valence-corrected chi connectivity index (χ1v) is 7.92. The fourth-order valence-electron chi connectivity index (χ4n) is 2.54. The zero-order chi connectivity index (χ0) is 17.9. The van der Waals surface area contributed by atoms with E-state index in [0.29, 0.717) is 19.1 Å². The van der Waals surface area contributed by atoms with Gasteiger partial charge in [-0.25, -0.2) is 0 Å². The van der Waals surface area contributed by atoms with Crippen LogP contribution in [0.4, 0.5) is 0 Å². The highest BCUT2D eigenvalue weighted by Gasteiger charge is 2.51. The SMILES string of the molecule is CC.CN[C@H]1C[C@@H](C(=O)O)C1(C)C.O=COCc1ccccc1. The molecule has 0 radical (unpaired) electrons. The minimum absolute atomic E-state index is 0.0828. The van der Waals surface area contributed by atoms with Crippen molar-refractivity contribution in [3.63, 3.8) is 0 Å². The van der Waals surface area contributed by atoms with Gasteiger partial charge in [0.25, 0.3) is 6.47 Å². The zero-order valence-corrected chi connectivity index (χ0v) is 14.7. The molecule has 130 valence electrons. The molecule has 0 bridgehead atoms. The van der Waals surface area contributed by atoms with E-state index in [2.05, 4.69) is 10.1 Å². The van der Waals surface area contributed by atoms with Crippen LogP contribution in [0.2, 0.25) is 0 Å². The number of carboxylic acids is 1. The second-order valence-electron chi connectivity index (χ2n) is 5.68. The summed E-state index contributed by atoms with van der Waals surface area (Å²) in [5, 5.41) is 11.9. The molecular weight excluding hydrogens is 294 g/mol. The molecule has 5 nitrogen and oxygen atoms in total. The summed E-state index contributed by atoms with van der Waals surface area (Å²) in [6.07, 6.45) is 0.763. The molecule has 1 aliphatic carbocycles. The first kappa shape index (κ1) is 21.1. The lowest BCUT2D eigenvalue weighted by Crippen LogP contribution is -2.58. The number of carbonyl (C=O) groups excluding carboxylic acids is 1. The van der Waals surface area contributed by atoms with Crippen LogP contribution in [-0.4, -0.2) is 30.6 Å². The van der Waals surface area contributed by atoms with Gasteiger partial charge in [-0.05, 0) is 24.4 Å². The highest BCUT2D eigenvalue weighted by molar-refractivity contribution is 5.72. The fraction of sp³-hybridized carbons (Fsp3) is 0.556. The van der Waals surface area contributed by atoms with Gasteiger partial charge in [0.05, 0.1) is 5.92 Å². The van der Waals surface area contributed by atoms with E-state index in [1.54, 1.807) is 0 Å². The van der Waals surface area contributed by atoms with Gasteiger partial charge in [0, 0.05) is 6.04 Å². The van der Waals surface area contributed by atoms with Crippen LogP contribution in [0.15, 0.2) is 30.3 Å². The Kier molecular flexibility index (Phi) is 9.90. The Balaban J connectivity index is 0.000000381. The third kappa shape index (κ3) is 6.40. The van der Waals surface area contributed by atoms with Gasteiger partial charge in [-0.1, -0.05) is 58.0 Å². The van der Waals surface area contributed by atoms with Gasteiger partial charge in [0.15, 0.2) is 0 Å². The van der Waals surface area contributed by atoms with Crippen molar-refractivity contribution < 1.29 is 19.4 Å². The monoisotopic (exact) mass is 323 g/mol. The van der Waals surface area contributed by atoms with Crippen molar-refractivity contribution in [3.8, 4) is 0 Å². The number of hydrogen-bond donors (Lipinski definition) is 2. The first-order chi connectivity index (χ1) is 10.9. The van der Waals surface area contributed by atoms with Gasteiger partial charge in [-0.3, -0.25) is 9.59 Å². The predicted molar refractivity (Wildman–Crippen MR) is 91.0 cm³/mol. The minimum Gasteiger partial charge on any atom is -0.481 e. The molecule has 0 saturated heterocycles. The highest BCUT2D eigenvalue weighted by Crippen LogP contribution is 2.45. The third-order valence-electron chi connectivity index (χ3n) is 4.08. The first-order valence-electron chi connectivity index (χ1n) is 7.92. The maximum atomic E-state index is 10.6. The second-order valence-corrected chi connectivity index (χ2v) is 5.68. The Morgan fingerprint density at radius 2 is 1.91 bits per heavy atom. The Morgan fingerprint density at radius 1 is 1.35 bits per heavy atom. The number of carbonyl (C=O) groups is 2. The van der Waals surface area contributed by atoms with Gasteiger partial charge < -0.3 is 15.2 Å². The molecule has 0 aliphatic heterocycles. The van der Waals surface area contributed by atoms with E-state index in [-0.39, 0.29) is 11.3 Å². The summed E-state index contributed by atoms with van der Waals surface area (Å²) < 4.78 is 4.54. The van der Waals surface area contributed by atoms with E-state index in [1.807, 2.05) is 65.1 Å². The van der Waals surface area contributed by atoms with Crippen LogP contribution in [0.5, 0.6) is 0 Å². The van der Waals surface area contributed by atoms with E-state index < -0.39 is 5.97 Å². The molecule has 1 aromatic carbocycles. The largest absolute Gasteiger partial charge is 0.481 e. The van der Waals surface area contributed by atoms with Crippen LogP contribution >= 0.6 is 0 Å². The standard InChI is InChI=1S/C8H15NO2.C8H8O2.C2H6/c1-8(2)5(7(10)11)4-6(8)9-3;9-7-10-6-8-4-2-1-3-5-8;1-2/h5-6,9H,4H2,1-3H3,(H,10,11);1-5,7H,6H2;1-2H3/t5-,6-;;/m0../s1. The molecular formula is C18H29NO4. The molecule has 23 heavy (non-hydrogen) atoms. The smallest absolute Gasteiger partial charge is 0.307 e. The van der Waals surface area contributed by atoms with Gasteiger partial charge in [0.1, 0.15) is 6.61 Å². The Hall–Kier alpha value is -1.88. The molecule has 5 heteroatoms. The lowest BCUT2D eigenvalue weighted by molar-refractivity contribution is -0.155. The summed E-state index contributed by atoms with van der Waals surface area (Å²) in [6, 6.07) is 9.91. The van der Waals surface area contributed by atoms with Crippen molar-refractivity contribution in [3.05, 3.63) is 35.9 Å². The van der Waals surface area contributed by atoms with Crippen LogP contribution in [0, 0.1) is 11.3 Å². The van der Waals surface area contributed by atoms with Gasteiger partial charge in [-0.2, -0.15) is 0 Å². The zero-order valence-electron chi connectivity index (χ0n) is 14.7. The quantitative estimate of drug-likeness (QED) is 0.814. The van der Waals surface area contributed by atoms with E-state index in [4.69, 9.17) is 5.11 Å². The van der Waals surface area contributed by atoms with Crippen molar-refractivity contribution in [1.82, 2.24) is 5.32 Å². The molecule has 0 spiro atoms. The molecule has 1 aromatic rings. The lowest BCUT2D eigenvalue weighted by atomic mass is 9.58. The van der Waals surface area contributed by atoms with Crippen molar-refractivity contribution in [2.75, 3.05) is 7.05 Å². The number of rotatable bonds is 5. The van der Waals surface area contributed by atoms with Crippen LogP contribution < -0.4 is 5.32 Å². The Bertz CT molecular complexity index is 459. The summed E-state index contributed by atoms with van der Waals surface area (Å²) in [4.78, 5) is 20.4. The summed E-state index contributed by atoms with van der Waals surface area (Å²) in [6.45, 7) is 8.81. The molecule has 1 saturated carbocycles.